The van der Waals surface area contributed by atoms with Crippen LogP contribution < -0.4 is 4.74 Å². The van der Waals surface area contributed by atoms with Gasteiger partial charge in [0.1, 0.15) is 5.75 Å². The summed E-state index contributed by atoms with van der Waals surface area (Å²) in [6.45, 7) is 3.06. The molecule has 0 aliphatic carbocycles. The maximum absolute atomic E-state index is 5.72. The highest BCUT2D eigenvalue weighted by Crippen LogP contribution is 2.29. The third-order valence-electron chi connectivity index (χ3n) is 2.61. The Balaban J connectivity index is 2.06. The largest absolute Gasteiger partial charge is 0.493 e. The summed E-state index contributed by atoms with van der Waals surface area (Å²) >= 11 is 3.59. The third-order valence-corrected chi connectivity index (χ3v) is 2.99. The molecular formula is C12H15BrO. The van der Waals surface area contributed by atoms with Crippen molar-refractivity contribution in [3.8, 4) is 5.75 Å². The van der Waals surface area contributed by atoms with E-state index in [9.17, 15) is 0 Å². The molecule has 0 saturated heterocycles. The molecule has 0 radical (unpaired) electrons. The second-order valence-corrected chi connectivity index (χ2v) is 5.57. The van der Waals surface area contributed by atoms with E-state index in [0.717, 1.165) is 18.8 Å². The number of hydrogen-bond donors (Lipinski definition) is 0. The van der Waals surface area contributed by atoms with Crippen LogP contribution in [0.3, 0.4) is 0 Å². The zero-order valence-electron chi connectivity index (χ0n) is 8.37. The molecule has 0 spiro atoms. The van der Waals surface area contributed by atoms with Gasteiger partial charge in [-0.1, -0.05) is 41.1 Å². The van der Waals surface area contributed by atoms with Crippen molar-refractivity contribution in [3.05, 3.63) is 29.8 Å². The summed E-state index contributed by atoms with van der Waals surface area (Å²) in [5.41, 5.74) is 1.36. The lowest BCUT2D eigenvalue weighted by molar-refractivity contribution is 0.215. The van der Waals surface area contributed by atoms with Crippen molar-refractivity contribution < 1.29 is 4.74 Å². The summed E-state index contributed by atoms with van der Waals surface area (Å²) < 4.78 is 5.72. The first-order valence-corrected chi connectivity index (χ1v) is 6.02. The minimum Gasteiger partial charge on any atom is -0.493 e. The number of para-hydroxylation sites is 1. The summed E-state index contributed by atoms with van der Waals surface area (Å²) in [5.74, 6) is 1.74. The lowest BCUT2D eigenvalue weighted by atomic mass is 9.93. The maximum atomic E-state index is 5.72. The topological polar surface area (TPSA) is 9.23 Å². The van der Waals surface area contributed by atoms with Gasteiger partial charge in [-0.15, -0.1) is 0 Å². The highest BCUT2D eigenvalue weighted by molar-refractivity contribution is 9.09. The number of ether oxygens (including phenoxy) is 1. The first kappa shape index (κ1) is 10.0. The lowest BCUT2D eigenvalue weighted by Gasteiger charge is -2.25. The summed E-state index contributed by atoms with van der Waals surface area (Å²) in [7, 11) is 0. The van der Waals surface area contributed by atoms with Gasteiger partial charge in [-0.05, 0) is 30.4 Å². The van der Waals surface area contributed by atoms with E-state index in [-0.39, 0.29) is 0 Å². The molecule has 0 saturated carbocycles. The van der Waals surface area contributed by atoms with Crippen molar-refractivity contribution in [1.29, 1.82) is 0 Å². The molecule has 1 aromatic rings. The Kier molecular flexibility index (Phi) is 3.12. The van der Waals surface area contributed by atoms with Crippen molar-refractivity contribution >= 4 is 15.9 Å². The van der Waals surface area contributed by atoms with Crippen LogP contribution in [0.1, 0.15) is 18.9 Å². The van der Waals surface area contributed by atoms with Gasteiger partial charge in [0.05, 0.1) is 6.61 Å². The van der Waals surface area contributed by atoms with Crippen LogP contribution in [0, 0.1) is 5.92 Å². The summed E-state index contributed by atoms with van der Waals surface area (Å²) in [4.78, 5) is 0.585. The van der Waals surface area contributed by atoms with Gasteiger partial charge in [0, 0.05) is 4.83 Å². The summed E-state index contributed by atoms with van der Waals surface area (Å²) in [6.07, 6.45) is 2.35. The molecule has 1 nitrogen and oxygen atoms in total. The van der Waals surface area contributed by atoms with Gasteiger partial charge in [0.2, 0.25) is 0 Å². The number of alkyl halides is 1. The quantitative estimate of drug-likeness (QED) is 0.736. The highest BCUT2D eigenvalue weighted by atomic mass is 79.9. The van der Waals surface area contributed by atoms with Crippen LogP contribution in [0.4, 0.5) is 0 Å². The number of hydrogen-bond acceptors (Lipinski definition) is 1. The fraction of sp³-hybridized carbons (Fsp3) is 0.500. The van der Waals surface area contributed by atoms with Gasteiger partial charge >= 0.3 is 0 Å². The van der Waals surface area contributed by atoms with Crippen molar-refractivity contribution in [2.24, 2.45) is 5.92 Å². The molecule has 1 aromatic carbocycles. The zero-order valence-corrected chi connectivity index (χ0v) is 9.96. The molecule has 1 heterocycles. The fourth-order valence-electron chi connectivity index (χ4n) is 2.00. The van der Waals surface area contributed by atoms with Crippen LogP contribution in [0.5, 0.6) is 5.75 Å². The summed E-state index contributed by atoms with van der Waals surface area (Å²) in [5, 5.41) is 0. The minimum atomic E-state index is 0.585. The van der Waals surface area contributed by atoms with E-state index in [1.54, 1.807) is 0 Å². The van der Waals surface area contributed by atoms with Gasteiger partial charge in [-0.25, -0.2) is 0 Å². The third kappa shape index (κ3) is 2.30. The van der Waals surface area contributed by atoms with E-state index >= 15 is 0 Å². The molecule has 0 N–H and O–H groups in total. The molecule has 0 aromatic heterocycles. The van der Waals surface area contributed by atoms with Crippen molar-refractivity contribution in [1.82, 2.24) is 0 Å². The normalized spacial score (nSPS) is 22.3. The maximum Gasteiger partial charge on any atom is 0.122 e. The first-order valence-electron chi connectivity index (χ1n) is 5.10. The monoisotopic (exact) mass is 254 g/mol. The molecule has 76 valence electrons. The summed E-state index contributed by atoms with van der Waals surface area (Å²) in [6, 6.07) is 8.35. The molecule has 0 amide bonds. The molecule has 1 aliphatic rings. The molecule has 2 heteroatoms. The molecule has 1 aliphatic heterocycles. The molecule has 14 heavy (non-hydrogen) atoms. The number of halogens is 1. The second-order valence-electron chi connectivity index (χ2n) is 4.01. The van der Waals surface area contributed by atoms with E-state index in [0.29, 0.717) is 10.7 Å². The van der Waals surface area contributed by atoms with E-state index < -0.39 is 0 Å². The van der Waals surface area contributed by atoms with Crippen LogP contribution >= 0.6 is 15.9 Å². The van der Waals surface area contributed by atoms with Crippen LogP contribution in [-0.4, -0.2) is 11.4 Å². The Morgan fingerprint density at radius 2 is 2.29 bits per heavy atom. The zero-order chi connectivity index (χ0) is 9.97. The predicted molar refractivity (Wildman–Crippen MR) is 62.1 cm³/mol. The van der Waals surface area contributed by atoms with Crippen molar-refractivity contribution in [3.63, 3.8) is 0 Å². The van der Waals surface area contributed by atoms with Crippen LogP contribution in [-0.2, 0) is 6.42 Å². The van der Waals surface area contributed by atoms with E-state index in [4.69, 9.17) is 4.74 Å². The average molecular weight is 255 g/mol. The van der Waals surface area contributed by atoms with Crippen molar-refractivity contribution in [2.75, 3.05) is 6.61 Å². The Bertz CT molecular complexity index is 309. The van der Waals surface area contributed by atoms with Crippen molar-refractivity contribution in [2.45, 2.75) is 24.6 Å². The van der Waals surface area contributed by atoms with Gasteiger partial charge in [0.15, 0.2) is 0 Å². The predicted octanol–water partition coefficient (Wildman–Crippen LogP) is 3.41. The Morgan fingerprint density at radius 1 is 1.50 bits per heavy atom. The molecule has 2 atom stereocenters. The molecular weight excluding hydrogens is 240 g/mol. The molecule has 0 bridgehead atoms. The molecule has 0 fully saturated rings. The molecule has 2 unspecified atom stereocenters. The number of rotatable bonds is 2. The van der Waals surface area contributed by atoms with Gasteiger partial charge in [-0.3, -0.25) is 0 Å². The number of fused-ring (bicyclic) bond motifs is 1. The smallest absolute Gasteiger partial charge is 0.122 e. The fourth-order valence-corrected chi connectivity index (χ4v) is 2.53. The van der Waals surface area contributed by atoms with Crippen LogP contribution in [0.15, 0.2) is 24.3 Å². The van der Waals surface area contributed by atoms with Gasteiger partial charge in [-0.2, -0.15) is 0 Å². The second kappa shape index (κ2) is 4.35. The Labute approximate surface area is 93.6 Å². The average Bonchev–Trinajstić information content (AvgIpc) is 2.17. The Hall–Kier alpha value is -0.500. The van der Waals surface area contributed by atoms with E-state index in [1.807, 2.05) is 6.07 Å². The SMILES string of the molecule is CC(Br)CC1COc2ccccc2C1. The van der Waals surface area contributed by atoms with E-state index in [2.05, 4.69) is 41.1 Å². The van der Waals surface area contributed by atoms with Gasteiger partial charge < -0.3 is 4.74 Å². The highest BCUT2D eigenvalue weighted by Gasteiger charge is 2.20. The minimum absolute atomic E-state index is 0.585. The van der Waals surface area contributed by atoms with Crippen LogP contribution in [0.2, 0.25) is 0 Å². The standard InChI is InChI=1S/C12H15BrO/c1-9(13)6-10-7-11-4-2-3-5-12(11)14-8-10/h2-5,9-10H,6-8H2,1H3. The van der Waals surface area contributed by atoms with E-state index in [1.165, 1.54) is 12.0 Å². The van der Waals surface area contributed by atoms with Crippen LogP contribution in [0.25, 0.3) is 0 Å². The van der Waals surface area contributed by atoms with Gasteiger partial charge in [0.25, 0.3) is 0 Å². The first-order chi connectivity index (χ1) is 6.75. The number of benzene rings is 1. The lowest BCUT2D eigenvalue weighted by Crippen LogP contribution is -2.22. The Morgan fingerprint density at radius 3 is 3.07 bits per heavy atom. The molecule has 2 rings (SSSR count).